The maximum absolute atomic E-state index is 13.5. The summed E-state index contributed by atoms with van der Waals surface area (Å²) in [6.45, 7) is 1.21. The van der Waals surface area contributed by atoms with Crippen LogP contribution < -0.4 is 0 Å². The van der Waals surface area contributed by atoms with Gasteiger partial charge in [-0.15, -0.1) is 0 Å². The second-order valence-electron chi connectivity index (χ2n) is 7.57. The Bertz CT molecular complexity index is 1250. The van der Waals surface area contributed by atoms with Gasteiger partial charge in [-0.05, 0) is 47.9 Å². The Morgan fingerprint density at radius 2 is 1.77 bits per heavy atom. The predicted molar refractivity (Wildman–Crippen MR) is 120 cm³/mol. The van der Waals surface area contributed by atoms with Crippen LogP contribution in [0.5, 0.6) is 0 Å². The number of aromatic nitrogens is 2. The van der Waals surface area contributed by atoms with Crippen molar-refractivity contribution in [3.05, 3.63) is 99.8 Å². The number of para-hydroxylation sites is 2. The third kappa shape index (κ3) is 3.47. The molecule has 0 radical (unpaired) electrons. The van der Waals surface area contributed by atoms with E-state index < -0.39 is 0 Å². The van der Waals surface area contributed by atoms with E-state index in [0.29, 0.717) is 28.7 Å². The fourth-order valence-corrected chi connectivity index (χ4v) is 4.68. The molecule has 30 heavy (non-hydrogen) atoms. The standard InChI is InChI=1S/C24H19Cl2N3O/c25-18-9-10-20(21(26)12-18)24(30)29-13-17-6-2-1-5-16(17)11-19(29)14-28-15-27-22-7-3-4-8-23(22)28/h1-10,12,15,19H,11,13-14H2/t19-/m0/s1. The summed E-state index contributed by atoms with van der Waals surface area (Å²) in [7, 11) is 0. The van der Waals surface area contributed by atoms with Crippen LogP contribution in [0, 0.1) is 0 Å². The van der Waals surface area contributed by atoms with E-state index in [1.165, 1.54) is 11.1 Å². The molecule has 1 atom stereocenters. The number of amides is 1. The average Bonchev–Trinajstić information content (AvgIpc) is 3.16. The van der Waals surface area contributed by atoms with Gasteiger partial charge in [0.25, 0.3) is 5.91 Å². The molecule has 150 valence electrons. The van der Waals surface area contributed by atoms with Crippen LogP contribution in [0.15, 0.2) is 73.1 Å². The van der Waals surface area contributed by atoms with E-state index in [4.69, 9.17) is 23.2 Å². The van der Waals surface area contributed by atoms with Gasteiger partial charge in [0.15, 0.2) is 0 Å². The van der Waals surface area contributed by atoms with Gasteiger partial charge < -0.3 is 9.47 Å². The Morgan fingerprint density at radius 1 is 1.00 bits per heavy atom. The van der Waals surface area contributed by atoms with Crippen molar-refractivity contribution in [1.82, 2.24) is 14.5 Å². The summed E-state index contributed by atoms with van der Waals surface area (Å²) in [5.41, 5.74) is 4.93. The highest BCUT2D eigenvalue weighted by Crippen LogP contribution is 2.29. The number of hydrogen-bond acceptors (Lipinski definition) is 2. The van der Waals surface area contributed by atoms with Gasteiger partial charge in [-0.1, -0.05) is 59.6 Å². The molecule has 0 N–H and O–H groups in total. The predicted octanol–water partition coefficient (Wildman–Crippen LogP) is 5.61. The zero-order valence-corrected chi connectivity index (χ0v) is 17.6. The number of carbonyl (C=O) groups excluding carboxylic acids is 1. The molecule has 5 rings (SSSR count). The van der Waals surface area contributed by atoms with Gasteiger partial charge >= 0.3 is 0 Å². The number of hydrogen-bond donors (Lipinski definition) is 0. The second kappa shape index (κ2) is 7.78. The van der Waals surface area contributed by atoms with Crippen molar-refractivity contribution in [3.63, 3.8) is 0 Å². The largest absolute Gasteiger partial charge is 0.329 e. The smallest absolute Gasteiger partial charge is 0.255 e. The molecule has 1 amide bonds. The van der Waals surface area contributed by atoms with E-state index in [1.807, 2.05) is 35.5 Å². The Kier molecular flexibility index (Phi) is 4.97. The first-order valence-corrected chi connectivity index (χ1v) is 10.6. The van der Waals surface area contributed by atoms with Crippen molar-refractivity contribution < 1.29 is 4.79 Å². The van der Waals surface area contributed by atoms with E-state index in [-0.39, 0.29) is 11.9 Å². The molecule has 6 heteroatoms. The molecule has 0 fully saturated rings. The maximum Gasteiger partial charge on any atom is 0.255 e. The Balaban J connectivity index is 1.53. The monoisotopic (exact) mass is 435 g/mol. The first-order chi connectivity index (χ1) is 14.6. The highest BCUT2D eigenvalue weighted by atomic mass is 35.5. The molecule has 4 nitrogen and oxygen atoms in total. The van der Waals surface area contributed by atoms with E-state index >= 15 is 0 Å². The summed E-state index contributed by atoms with van der Waals surface area (Å²) < 4.78 is 2.12. The highest BCUT2D eigenvalue weighted by Gasteiger charge is 2.31. The van der Waals surface area contributed by atoms with Crippen molar-refractivity contribution in [2.45, 2.75) is 25.6 Å². The summed E-state index contributed by atoms with van der Waals surface area (Å²) in [4.78, 5) is 19.9. The third-order valence-corrected chi connectivity index (χ3v) is 6.26. The minimum Gasteiger partial charge on any atom is -0.329 e. The second-order valence-corrected chi connectivity index (χ2v) is 8.41. The zero-order valence-electron chi connectivity index (χ0n) is 16.1. The molecule has 2 heterocycles. The number of imidazole rings is 1. The molecule has 0 saturated heterocycles. The first kappa shape index (κ1) is 19.2. The van der Waals surface area contributed by atoms with Gasteiger partial charge in [0.2, 0.25) is 0 Å². The maximum atomic E-state index is 13.5. The van der Waals surface area contributed by atoms with Crippen LogP contribution in [0.3, 0.4) is 0 Å². The number of benzene rings is 3. The van der Waals surface area contributed by atoms with Gasteiger partial charge in [-0.25, -0.2) is 4.98 Å². The lowest BCUT2D eigenvalue weighted by Gasteiger charge is -2.37. The van der Waals surface area contributed by atoms with Crippen molar-refractivity contribution in [2.75, 3.05) is 0 Å². The fourth-order valence-electron chi connectivity index (χ4n) is 4.19. The summed E-state index contributed by atoms with van der Waals surface area (Å²) in [6, 6.07) is 21.4. The number of halogens is 2. The summed E-state index contributed by atoms with van der Waals surface area (Å²) >= 11 is 12.4. The molecule has 1 aliphatic rings. The normalized spacial score (nSPS) is 15.9. The van der Waals surface area contributed by atoms with Crippen LogP contribution in [-0.4, -0.2) is 26.4 Å². The number of fused-ring (bicyclic) bond motifs is 2. The van der Waals surface area contributed by atoms with Crippen LogP contribution in [0.2, 0.25) is 10.0 Å². The molecule has 0 bridgehead atoms. The Morgan fingerprint density at radius 3 is 2.60 bits per heavy atom. The lowest BCUT2D eigenvalue weighted by atomic mass is 9.93. The molecular formula is C24H19Cl2N3O. The van der Waals surface area contributed by atoms with Crippen molar-refractivity contribution in [2.24, 2.45) is 0 Å². The molecule has 0 spiro atoms. The van der Waals surface area contributed by atoms with Crippen LogP contribution in [0.4, 0.5) is 0 Å². The summed E-state index contributed by atoms with van der Waals surface area (Å²) in [6.07, 6.45) is 2.63. The summed E-state index contributed by atoms with van der Waals surface area (Å²) in [5.74, 6) is -0.0828. The van der Waals surface area contributed by atoms with Crippen LogP contribution in [0.1, 0.15) is 21.5 Å². The van der Waals surface area contributed by atoms with Crippen LogP contribution in [-0.2, 0) is 19.5 Å². The molecule has 0 unspecified atom stereocenters. The Labute approximate surface area is 184 Å². The van der Waals surface area contributed by atoms with Gasteiger partial charge in [-0.3, -0.25) is 4.79 Å². The third-order valence-electron chi connectivity index (χ3n) is 5.71. The molecule has 3 aromatic carbocycles. The number of rotatable bonds is 3. The minimum atomic E-state index is -0.0828. The first-order valence-electron chi connectivity index (χ1n) is 9.83. The SMILES string of the molecule is O=C(c1ccc(Cl)cc1Cl)N1Cc2ccccc2C[C@H]1Cn1cnc2ccccc21. The van der Waals surface area contributed by atoms with Gasteiger partial charge in [0.05, 0.1) is 34.0 Å². The van der Waals surface area contributed by atoms with Gasteiger partial charge in [-0.2, -0.15) is 0 Å². The van der Waals surface area contributed by atoms with Crippen LogP contribution >= 0.6 is 23.2 Å². The minimum absolute atomic E-state index is 0.0169. The van der Waals surface area contributed by atoms with Crippen molar-refractivity contribution in [1.29, 1.82) is 0 Å². The fraction of sp³-hybridized carbons (Fsp3) is 0.167. The van der Waals surface area contributed by atoms with Gasteiger partial charge in [0.1, 0.15) is 0 Å². The quantitative estimate of drug-likeness (QED) is 0.419. The van der Waals surface area contributed by atoms with Crippen molar-refractivity contribution >= 4 is 40.1 Å². The molecule has 0 aliphatic carbocycles. The summed E-state index contributed by atoms with van der Waals surface area (Å²) in [5, 5.41) is 0.889. The molecule has 1 aliphatic heterocycles. The van der Waals surface area contributed by atoms with E-state index in [0.717, 1.165) is 17.5 Å². The number of nitrogens with zero attached hydrogens (tertiary/aromatic N) is 3. The lowest BCUT2D eigenvalue weighted by Crippen LogP contribution is -2.46. The van der Waals surface area contributed by atoms with E-state index in [2.05, 4.69) is 33.8 Å². The van der Waals surface area contributed by atoms with E-state index in [1.54, 1.807) is 18.2 Å². The number of carbonyl (C=O) groups is 1. The van der Waals surface area contributed by atoms with Gasteiger partial charge in [0, 0.05) is 18.1 Å². The van der Waals surface area contributed by atoms with E-state index in [9.17, 15) is 4.79 Å². The van der Waals surface area contributed by atoms with Crippen LogP contribution in [0.25, 0.3) is 11.0 Å². The highest BCUT2D eigenvalue weighted by molar-refractivity contribution is 6.36. The molecule has 4 aromatic rings. The molecular weight excluding hydrogens is 417 g/mol. The van der Waals surface area contributed by atoms with Crippen molar-refractivity contribution in [3.8, 4) is 0 Å². The molecule has 1 aromatic heterocycles. The topological polar surface area (TPSA) is 38.1 Å². The lowest BCUT2D eigenvalue weighted by molar-refractivity contribution is 0.0620. The molecule has 0 saturated carbocycles. The Hall–Kier alpha value is -2.82. The average molecular weight is 436 g/mol. The zero-order chi connectivity index (χ0) is 20.7.